The normalized spacial score (nSPS) is 15.1. The van der Waals surface area contributed by atoms with Gasteiger partial charge in [0, 0.05) is 13.2 Å². The predicted octanol–water partition coefficient (Wildman–Crippen LogP) is 3.20. The van der Waals surface area contributed by atoms with Crippen LogP contribution < -0.4 is 0 Å². The molecule has 0 aliphatic heterocycles. The van der Waals surface area contributed by atoms with Crippen molar-refractivity contribution >= 4 is 5.91 Å². The molecule has 2 aromatic rings. The van der Waals surface area contributed by atoms with Crippen molar-refractivity contribution in [1.82, 2.24) is 9.88 Å². The molecule has 1 aromatic heterocycles. The number of hydrogen-bond acceptors (Lipinski definition) is 3. The highest BCUT2D eigenvalue weighted by atomic mass is 19.1. The number of nitrogens with zero attached hydrogens (tertiary/aromatic N) is 2. The van der Waals surface area contributed by atoms with Crippen LogP contribution in [0.15, 0.2) is 48.7 Å². The maximum atomic E-state index is 13.7. The highest BCUT2D eigenvalue weighted by molar-refractivity contribution is 5.78. The van der Waals surface area contributed by atoms with E-state index >= 15 is 0 Å². The molecule has 0 radical (unpaired) electrons. The Morgan fingerprint density at radius 2 is 2.17 bits per heavy atom. The standard InChI is InChI=1S/C19H21FN2O2/c1-22(18(23)13-24-12-14-8-9-14)19(17-7-2-3-10-21-17)15-5-4-6-16(20)11-15/h2-7,10-11,14,19H,8-9,12-13H2,1H3/t19-/m0/s1. The number of halogens is 1. The first-order valence-corrected chi connectivity index (χ1v) is 8.15. The molecule has 5 heteroatoms. The van der Waals surface area contributed by atoms with Crippen LogP contribution in [0.2, 0.25) is 0 Å². The smallest absolute Gasteiger partial charge is 0.249 e. The second-order valence-corrected chi connectivity index (χ2v) is 6.18. The SMILES string of the molecule is CN(C(=O)COCC1CC1)[C@@H](c1cccc(F)c1)c1ccccn1. The van der Waals surface area contributed by atoms with E-state index in [1.54, 1.807) is 30.3 Å². The maximum Gasteiger partial charge on any atom is 0.249 e. The van der Waals surface area contributed by atoms with Crippen molar-refractivity contribution in [2.75, 3.05) is 20.3 Å². The first-order chi connectivity index (χ1) is 11.6. The molecule has 0 saturated heterocycles. The monoisotopic (exact) mass is 328 g/mol. The number of amides is 1. The topological polar surface area (TPSA) is 42.4 Å². The first-order valence-electron chi connectivity index (χ1n) is 8.15. The summed E-state index contributed by atoms with van der Waals surface area (Å²) >= 11 is 0. The van der Waals surface area contributed by atoms with Gasteiger partial charge in [-0.2, -0.15) is 0 Å². The minimum absolute atomic E-state index is 0.0334. The number of hydrogen-bond donors (Lipinski definition) is 0. The van der Waals surface area contributed by atoms with E-state index in [-0.39, 0.29) is 18.3 Å². The number of pyridine rings is 1. The van der Waals surface area contributed by atoms with Crippen molar-refractivity contribution in [3.8, 4) is 0 Å². The molecule has 0 unspecified atom stereocenters. The molecular weight excluding hydrogens is 307 g/mol. The van der Waals surface area contributed by atoms with Gasteiger partial charge in [-0.1, -0.05) is 18.2 Å². The van der Waals surface area contributed by atoms with E-state index in [0.717, 1.165) is 0 Å². The fraction of sp³-hybridized carbons (Fsp3) is 0.368. The van der Waals surface area contributed by atoms with Gasteiger partial charge in [0.1, 0.15) is 12.4 Å². The summed E-state index contributed by atoms with van der Waals surface area (Å²) in [5, 5.41) is 0. The van der Waals surface area contributed by atoms with Crippen LogP contribution in [-0.4, -0.2) is 36.1 Å². The van der Waals surface area contributed by atoms with Gasteiger partial charge in [0.25, 0.3) is 0 Å². The fourth-order valence-electron chi connectivity index (χ4n) is 2.65. The Morgan fingerprint density at radius 1 is 1.33 bits per heavy atom. The van der Waals surface area contributed by atoms with E-state index < -0.39 is 6.04 Å². The molecule has 0 bridgehead atoms. The van der Waals surface area contributed by atoms with Crippen molar-refractivity contribution in [2.24, 2.45) is 5.92 Å². The van der Waals surface area contributed by atoms with Crippen LogP contribution in [-0.2, 0) is 9.53 Å². The Labute approximate surface area is 141 Å². The summed E-state index contributed by atoms with van der Waals surface area (Å²) in [5.41, 5.74) is 1.38. The van der Waals surface area contributed by atoms with E-state index in [9.17, 15) is 9.18 Å². The molecule has 1 fully saturated rings. The lowest BCUT2D eigenvalue weighted by Gasteiger charge is -2.28. The molecule has 126 valence electrons. The predicted molar refractivity (Wildman–Crippen MR) is 88.8 cm³/mol. The second-order valence-electron chi connectivity index (χ2n) is 6.18. The third-order valence-electron chi connectivity index (χ3n) is 4.19. The average molecular weight is 328 g/mol. The number of benzene rings is 1. The third kappa shape index (κ3) is 4.17. The van der Waals surface area contributed by atoms with Crippen molar-refractivity contribution in [2.45, 2.75) is 18.9 Å². The van der Waals surface area contributed by atoms with Gasteiger partial charge in [-0.15, -0.1) is 0 Å². The van der Waals surface area contributed by atoms with Gasteiger partial charge in [0.15, 0.2) is 0 Å². The molecule has 1 heterocycles. The van der Waals surface area contributed by atoms with E-state index in [4.69, 9.17) is 4.74 Å². The second kappa shape index (κ2) is 7.53. The zero-order chi connectivity index (χ0) is 16.9. The largest absolute Gasteiger partial charge is 0.371 e. The zero-order valence-electron chi connectivity index (χ0n) is 13.7. The maximum absolute atomic E-state index is 13.7. The quantitative estimate of drug-likeness (QED) is 0.784. The van der Waals surface area contributed by atoms with Gasteiger partial charge in [-0.3, -0.25) is 9.78 Å². The average Bonchev–Trinajstić information content (AvgIpc) is 3.40. The Kier molecular flexibility index (Phi) is 5.20. The van der Waals surface area contributed by atoms with Crippen molar-refractivity contribution < 1.29 is 13.9 Å². The molecule has 1 atom stereocenters. The molecule has 24 heavy (non-hydrogen) atoms. The number of aromatic nitrogens is 1. The lowest BCUT2D eigenvalue weighted by Crippen LogP contribution is -2.35. The minimum Gasteiger partial charge on any atom is -0.371 e. The van der Waals surface area contributed by atoms with Crippen LogP contribution in [0.3, 0.4) is 0 Å². The van der Waals surface area contributed by atoms with Gasteiger partial charge in [0.2, 0.25) is 5.91 Å². The van der Waals surface area contributed by atoms with E-state index in [1.165, 1.54) is 25.0 Å². The van der Waals surface area contributed by atoms with E-state index in [0.29, 0.717) is 23.8 Å². The highest BCUT2D eigenvalue weighted by Gasteiger charge is 2.26. The van der Waals surface area contributed by atoms with Crippen molar-refractivity contribution in [3.05, 3.63) is 65.7 Å². The summed E-state index contributed by atoms with van der Waals surface area (Å²) in [7, 11) is 1.70. The first kappa shape index (κ1) is 16.6. The van der Waals surface area contributed by atoms with Crippen molar-refractivity contribution in [1.29, 1.82) is 0 Å². The van der Waals surface area contributed by atoms with Gasteiger partial charge >= 0.3 is 0 Å². The Bertz CT molecular complexity index is 689. The Morgan fingerprint density at radius 3 is 2.83 bits per heavy atom. The number of carbonyl (C=O) groups is 1. The van der Waals surface area contributed by atoms with Crippen LogP contribution in [0.4, 0.5) is 4.39 Å². The number of rotatable bonds is 7. The molecule has 1 saturated carbocycles. The van der Waals surface area contributed by atoms with Gasteiger partial charge in [-0.25, -0.2) is 4.39 Å². The Balaban J connectivity index is 1.79. The molecule has 1 aromatic carbocycles. The highest BCUT2D eigenvalue weighted by Crippen LogP contribution is 2.29. The van der Waals surface area contributed by atoms with Crippen LogP contribution in [0.25, 0.3) is 0 Å². The third-order valence-corrected chi connectivity index (χ3v) is 4.19. The van der Waals surface area contributed by atoms with Crippen molar-refractivity contribution in [3.63, 3.8) is 0 Å². The molecule has 3 rings (SSSR count). The van der Waals surface area contributed by atoms with E-state index in [1.807, 2.05) is 18.2 Å². The summed E-state index contributed by atoms with van der Waals surface area (Å²) in [6, 6.07) is 11.3. The summed E-state index contributed by atoms with van der Waals surface area (Å²) in [5.74, 6) is 0.132. The molecule has 1 aliphatic rings. The zero-order valence-corrected chi connectivity index (χ0v) is 13.7. The summed E-state index contributed by atoms with van der Waals surface area (Å²) in [6.45, 7) is 0.666. The summed E-state index contributed by atoms with van der Waals surface area (Å²) in [4.78, 5) is 18.4. The Hall–Kier alpha value is -2.27. The number of carbonyl (C=O) groups excluding carboxylic acids is 1. The van der Waals surface area contributed by atoms with Gasteiger partial charge in [0.05, 0.1) is 18.3 Å². The fourth-order valence-corrected chi connectivity index (χ4v) is 2.65. The number of ether oxygens (including phenoxy) is 1. The minimum atomic E-state index is -0.445. The van der Waals surface area contributed by atoms with Gasteiger partial charge < -0.3 is 9.64 Å². The van der Waals surface area contributed by atoms with Gasteiger partial charge in [-0.05, 0) is 48.6 Å². The molecule has 0 spiro atoms. The van der Waals surface area contributed by atoms with Crippen LogP contribution >= 0.6 is 0 Å². The molecule has 1 aliphatic carbocycles. The van der Waals surface area contributed by atoms with Crippen LogP contribution in [0, 0.1) is 11.7 Å². The summed E-state index contributed by atoms with van der Waals surface area (Å²) < 4.78 is 19.2. The molecular formula is C19H21FN2O2. The summed E-state index contributed by atoms with van der Waals surface area (Å²) in [6.07, 6.45) is 4.04. The molecule has 0 N–H and O–H groups in total. The van der Waals surface area contributed by atoms with Crippen LogP contribution in [0.5, 0.6) is 0 Å². The lowest BCUT2D eigenvalue weighted by atomic mass is 10.0. The number of likely N-dealkylation sites (N-methyl/N-ethyl adjacent to an activating group) is 1. The molecule has 1 amide bonds. The van der Waals surface area contributed by atoms with E-state index in [2.05, 4.69) is 4.98 Å². The van der Waals surface area contributed by atoms with Crippen LogP contribution in [0.1, 0.15) is 30.1 Å². The molecule has 4 nitrogen and oxygen atoms in total. The lowest BCUT2D eigenvalue weighted by molar-refractivity contribution is -0.136.